The van der Waals surface area contributed by atoms with Gasteiger partial charge in [0, 0.05) is 23.5 Å². The molecule has 2 nitrogen and oxygen atoms in total. The van der Waals surface area contributed by atoms with Gasteiger partial charge in [0.1, 0.15) is 11.8 Å². The van der Waals surface area contributed by atoms with E-state index in [2.05, 4.69) is 5.32 Å². The first kappa shape index (κ1) is 6.95. The Morgan fingerprint density at radius 1 is 1.38 bits per heavy atom. The van der Waals surface area contributed by atoms with Crippen molar-refractivity contribution >= 4 is 22.1 Å². The van der Waals surface area contributed by atoms with Gasteiger partial charge < -0.3 is 10.1 Å². The summed E-state index contributed by atoms with van der Waals surface area (Å²) in [6.07, 6.45) is -5.20. The number of ether oxygens (including phenoxy) is 1. The van der Waals surface area contributed by atoms with Gasteiger partial charge in [-0.2, -0.15) is 0 Å². The van der Waals surface area contributed by atoms with Crippen molar-refractivity contribution in [1.82, 2.24) is 5.32 Å². The van der Waals surface area contributed by atoms with Crippen LogP contribution < -0.4 is 10.1 Å². The van der Waals surface area contributed by atoms with Crippen molar-refractivity contribution in [3.05, 3.63) is 64.8 Å². The van der Waals surface area contributed by atoms with Gasteiger partial charge in [0.2, 0.25) is 0 Å². The monoisotopic (exact) mass is 306 g/mol. The molecule has 0 radical (unpaired) electrons. The lowest BCUT2D eigenvalue weighted by atomic mass is 10.1. The van der Waals surface area contributed by atoms with Gasteiger partial charge >= 0.3 is 0 Å². The van der Waals surface area contributed by atoms with Crippen LogP contribution in [0.5, 0.6) is 5.75 Å². The first-order valence-corrected chi connectivity index (χ1v) is 7.16. The normalized spacial score (nSPS) is 21.4. The molecule has 0 spiro atoms. The van der Waals surface area contributed by atoms with Crippen LogP contribution in [0, 0.1) is 0 Å². The van der Waals surface area contributed by atoms with Gasteiger partial charge in [-0.05, 0) is 36.4 Å². The molecule has 0 aliphatic rings. The highest BCUT2D eigenvalue weighted by atomic mass is 32.1. The van der Waals surface area contributed by atoms with Gasteiger partial charge in [0.25, 0.3) is 0 Å². The molecule has 0 saturated heterocycles. The van der Waals surface area contributed by atoms with E-state index in [0.29, 0.717) is 16.7 Å². The van der Waals surface area contributed by atoms with Crippen LogP contribution in [0.25, 0.3) is 10.8 Å². The van der Waals surface area contributed by atoms with Crippen molar-refractivity contribution in [2.75, 3.05) is 13.5 Å². The molecule has 108 valence electrons. The summed E-state index contributed by atoms with van der Waals surface area (Å²) in [5.74, 6) is 0.173. The number of rotatable bonds is 6. The largest absolute Gasteiger partial charge is 0.484 e. The fourth-order valence-electron chi connectivity index (χ4n) is 1.97. The van der Waals surface area contributed by atoms with Crippen LogP contribution >= 0.6 is 11.3 Å². The number of hydrogen-bond acceptors (Lipinski definition) is 3. The van der Waals surface area contributed by atoms with E-state index in [1.54, 1.807) is 24.3 Å². The summed E-state index contributed by atoms with van der Waals surface area (Å²) in [5.41, 5.74) is 0. The van der Waals surface area contributed by atoms with E-state index in [-0.39, 0.29) is 16.0 Å². The van der Waals surface area contributed by atoms with E-state index in [1.165, 1.54) is 0 Å². The van der Waals surface area contributed by atoms with Crippen molar-refractivity contribution in [1.29, 1.82) is 0 Å². The Morgan fingerprint density at radius 2 is 2.29 bits per heavy atom. The molecule has 1 heterocycles. The minimum absolute atomic E-state index is 0.173. The molecule has 0 amide bonds. The zero-order valence-corrected chi connectivity index (χ0v) is 11.9. The molecule has 0 fully saturated rings. The maximum atomic E-state index is 8.94. The van der Waals surface area contributed by atoms with Crippen molar-refractivity contribution < 1.29 is 17.1 Å². The lowest BCUT2D eigenvalue weighted by molar-refractivity contribution is 0.201. The number of nitrogens with one attached hydrogen (secondary N) is 1. The summed E-state index contributed by atoms with van der Waals surface area (Å²) in [5, 5.41) is 3.18. The molecule has 0 saturated carbocycles. The van der Waals surface area contributed by atoms with E-state index in [1.807, 2.05) is 18.2 Å². The second-order valence-electron chi connectivity index (χ2n) is 4.22. The summed E-state index contributed by atoms with van der Waals surface area (Å²) >= 11 is 0.604. The molecule has 1 N–H and O–H groups in total. The zero-order valence-electron chi connectivity index (χ0n) is 20.1. The Bertz CT molecular complexity index is 1060. The molecular formula is C18H19NOS. The van der Waals surface area contributed by atoms with E-state index in [4.69, 9.17) is 17.1 Å². The van der Waals surface area contributed by atoms with Crippen LogP contribution in [0.15, 0.2) is 59.9 Å². The fourth-order valence-corrected chi connectivity index (χ4v) is 2.48. The Balaban J connectivity index is 2.15. The summed E-state index contributed by atoms with van der Waals surface area (Å²) in [4.78, 5) is -0.275. The van der Waals surface area contributed by atoms with Crippen LogP contribution in [0.2, 0.25) is 0 Å². The molecule has 0 bridgehead atoms. The number of thiophene rings is 1. The molecule has 0 unspecified atom stereocenters. The molecule has 3 aromatic rings. The van der Waals surface area contributed by atoms with Crippen LogP contribution in [-0.4, -0.2) is 13.5 Å². The Labute approximate surface area is 142 Å². The Morgan fingerprint density at radius 3 is 3.14 bits per heavy atom. The standard InChI is InChI=1S/C18H19NOS/c1-19-12-11-17(18-10-5-13-21-18)20-16-9-4-7-14-6-2-3-8-15(14)16/h2-10,13,17,19H,11-12H2,1H3/t17-/m0/s1/i1D3,5D,10D,11D2,13D,17D. The highest BCUT2D eigenvalue weighted by Crippen LogP contribution is 2.32. The van der Waals surface area contributed by atoms with Crippen molar-refractivity contribution in [3.63, 3.8) is 0 Å². The van der Waals surface area contributed by atoms with Gasteiger partial charge in [-0.3, -0.25) is 0 Å². The summed E-state index contributed by atoms with van der Waals surface area (Å²) in [6.45, 7) is -3.41. The van der Waals surface area contributed by atoms with Gasteiger partial charge in [-0.25, -0.2) is 0 Å². The van der Waals surface area contributed by atoms with Gasteiger partial charge in [-0.15, -0.1) is 11.3 Å². The van der Waals surface area contributed by atoms with Crippen LogP contribution in [-0.2, 0) is 0 Å². The molecule has 3 rings (SSSR count). The van der Waals surface area contributed by atoms with Gasteiger partial charge in [0.05, 0.1) is 5.48 Å². The fraction of sp³-hybridized carbons (Fsp3) is 0.222. The van der Waals surface area contributed by atoms with Crippen LogP contribution in [0.3, 0.4) is 0 Å². The molecule has 21 heavy (non-hydrogen) atoms. The van der Waals surface area contributed by atoms with Crippen molar-refractivity contribution in [2.45, 2.75) is 12.5 Å². The van der Waals surface area contributed by atoms with Gasteiger partial charge in [0.15, 0.2) is 0 Å². The second kappa shape index (κ2) is 6.74. The average Bonchev–Trinajstić information content (AvgIpc) is 2.94. The highest BCUT2D eigenvalue weighted by Gasteiger charge is 2.15. The smallest absolute Gasteiger partial charge is 0.134 e. The van der Waals surface area contributed by atoms with Crippen LogP contribution in [0.4, 0.5) is 0 Å². The van der Waals surface area contributed by atoms with Crippen molar-refractivity contribution in [3.8, 4) is 5.75 Å². The molecule has 2 aromatic carbocycles. The summed E-state index contributed by atoms with van der Waals surface area (Å²) in [6, 6.07) is 11.3. The molecule has 0 aliphatic carbocycles. The Hall–Kier alpha value is -1.84. The van der Waals surface area contributed by atoms with E-state index in [9.17, 15) is 0 Å². The topological polar surface area (TPSA) is 21.3 Å². The maximum Gasteiger partial charge on any atom is 0.134 e. The number of benzene rings is 2. The number of fused-ring (bicyclic) bond motifs is 1. The highest BCUT2D eigenvalue weighted by molar-refractivity contribution is 7.10. The maximum absolute atomic E-state index is 8.94. The average molecular weight is 306 g/mol. The Kier molecular flexibility index (Phi) is 2.23. The summed E-state index contributed by atoms with van der Waals surface area (Å²) in [7, 11) is 0. The molecular weight excluding hydrogens is 278 g/mol. The first-order chi connectivity index (χ1) is 13.9. The third-order valence-corrected chi connectivity index (χ3v) is 3.58. The molecule has 3 heteroatoms. The first-order valence-electron chi connectivity index (χ1n) is 10.8. The minimum Gasteiger partial charge on any atom is -0.484 e. The van der Waals surface area contributed by atoms with E-state index >= 15 is 0 Å². The third kappa shape index (κ3) is 3.26. The number of hydrogen-bond donors (Lipinski definition) is 1. The van der Waals surface area contributed by atoms with E-state index in [0.717, 1.165) is 5.39 Å². The van der Waals surface area contributed by atoms with Crippen molar-refractivity contribution in [2.24, 2.45) is 0 Å². The zero-order chi connectivity index (χ0) is 22.3. The van der Waals surface area contributed by atoms with E-state index < -0.39 is 38.1 Å². The predicted octanol–water partition coefficient (Wildman–Crippen LogP) is 4.63. The lowest BCUT2D eigenvalue weighted by Crippen LogP contribution is -2.15. The van der Waals surface area contributed by atoms with Gasteiger partial charge in [-0.1, -0.05) is 42.4 Å². The molecule has 0 aliphatic heterocycles. The summed E-state index contributed by atoms with van der Waals surface area (Å²) < 4.78 is 77.4. The minimum atomic E-state index is -2.64. The second-order valence-corrected chi connectivity index (χ2v) is 5.04. The predicted molar refractivity (Wildman–Crippen MR) is 90.2 cm³/mol. The molecule has 1 atom stereocenters. The SMILES string of the molecule is [2H]c1sc([C@@]([2H])(Oc2cccc3ccccc23)C([2H])([2H])CNC([2H])([2H])[2H])c([2H])c1[2H]. The van der Waals surface area contributed by atoms with Crippen LogP contribution in [0.1, 0.15) is 29.7 Å². The molecule has 1 aromatic heterocycles. The lowest BCUT2D eigenvalue weighted by Gasteiger charge is -2.19. The quantitative estimate of drug-likeness (QED) is 0.717. The third-order valence-electron chi connectivity index (χ3n) is 2.89.